The Balaban J connectivity index is 1.82. The van der Waals surface area contributed by atoms with Crippen molar-refractivity contribution in [2.75, 3.05) is 0 Å². The maximum Gasteiger partial charge on any atom is 0.332 e. The second-order valence-corrected chi connectivity index (χ2v) is 7.96. The lowest BCUT2D eigenvalue weighted by atomic mass is 10.1. The average Bonchev–Trinajstić information content (AvgIpc) is 3.29. The zero-order chi connectivity index (χ0) is 22.1. The Bertz CT molecular complexity index is 1340. The second kappa shape index (κ2) is 8.37. The smallest absolute Gasteiger partial charge is 0.302 e. The van der Waals surface area contributed by atoms with Gasteiger partial charge in [-0.05, 0) is 44.7 Å². The molecule has 0 aliphatic carbocycles. The highest BCUT2D eigenvalue weighted by molar-refractivity contribution is 5.72. The number of fused-ring (bicyclic) bond motifs is 1. The minimum atomic E-state index is -0.341. The van der Waals surface area contributed by atoms with E-state index in [1.165, 1.54) is 14.7 Å². The molecule has 0 N–H and O–H groups in total. The first kappa shape index (κ1) is 20.8. The molecule has 0 aliphatic heterocycles. The van der Waals surface area contributed by atoms with E-state index in [0.717, 1.165) is 24.2 Å². The fraction of sp³-hybridized carbons (Fsp3) is 0.391. The van der Waals surface area contributed by atoms with E-state index in [2.05, 4.69) is 29.1 Å². The first-order valence-corrected chi connectivity index (χ1v) is 10.7. The molecule has 8 heteroatoms. The lowest BCUT2D eigenvalue weighted by molar-refractivity contribution is 0.568. The van der Waals surface area contributed by atoms with Gasteiger partial charge in [0.25, 0.3) is 5.56 Å². The largest absolute Gasteiger partial charge is 0.332 e. The Labute approximate surface area is 180 Å². The summed E-state index contributed by atoms with van der Waals surface area (Å²) in [6, 6.07) is 12.1. The molecule has 0 bridgehead atoms. The van der Waals surface area contributed by atoms with E-state index in [1.807, 2.05) is 42.7 Å². The summed E-state index contributed by atoms with van der Waals surface area (Å²) >= 11 is 0. The van der Waals surface area contributed by atoms with Gasteiger partial charge in [0, 0.05) is 25.8 Å². The van der Waals surface area contributed by atoms with Crippen LogP contribution in [-0.2, 0) is 26.6 Å². The topological polar surface area (TPSA) is 79.6 Å². The fourth-order valence-corrected chi connectivity index (χ4v) is 4.07. The Morgan fingerprint density at radius 1 is 1.00 bits per heavy atom. The van der Waals surface area contributed by atoms with Crippen LogP contribution in [0.15, 0.2) is 46.0 Å². The third-order valence-electron chi connectivity index (χ3n) is 5.55. The van der Waals surface area contributed by atoms with E-state index >= 15 is 0 Å². The first-order chi connectivity index (χ1) is 14.9. The summed E-state index contributed by atoms with van der Waals surface area (Å²) in [5, 5.41) is 4.54. The third kappa shape index (κ3) is 3.73. The van der Waals surface area contributed by atoms with Gasteiger partial charge in [-0.2, -0.15) is 10.1 Å². The first-order valence-electron chi connectivity index (χ1n) is 10.7. The second-order valence-electron chi connectivity index (χ2n) is 7.96. The van der Waals surface area contributed by atoms with E-state index in [9.17, 15) is 9.59 Å². The maximum absolute atomic E-state index is 13.4. The highest BCUT2D eigenvalue weighted by Gasteiger charge is 2.22. The number of hydrogen-bond donors (Lipinski definition) is 0. The van der Waals surface area contributed by atoms with Gasteiger partial charge in [0.05, 0.1) is 5.69 Å². The van der Waals surface area contributed by atoms with Crippen molar-refractivity contribution in [3.63, 3.8) is 0 Å². The van der Waals surface area contributed by atoms with Crippen LogP contribution in [0.4, 0.5) is 0 Å². The molecule has 31 heavy (non-hydrogen) atoms. The van der Waals surface area contributed by atoms with Gasteiger partial charge in [0.1, 0.15) is 0 Å². The molecular weight excluding hydrogens is 392 g/mol. The molecule has 0 saturated heterocycles. The van der Waals surface area contributed by atoms with Gasteiger partial charge in [0.2, 0.25) is 5.95 Å². The Morgan fingerprint density at radius 2 is 1.74 bits per heavy atom. The molecule has 0 amide bonds. The van der Waals surface area contributed by atoms with E-state index in [4.69, 9.17) is 0 Å². The Morgan fingerprint density at radius 3 is 2.39 bits per heavy atom. The zero-order valence-electron chi connectivity index (χ0n) is 18.5. The Hall–Kier alpha value is -3.42. The SMILES string of the molecule is CCCn1c(-n2nc(C)cc2C)nc2c1c(=O)n(CCCc1ccccc1)c(=O)n2C. The van der Waals surface area contributed by atoms with Crippen LogP contribution in [0.1, 0.15) is 36.7 Å². The monoisotopic (exact) mass is 420 g/mol. The third-order valence-corrected chi connectivity index (χ3v) is 5.55. The number of imidazole rings is 1. The predicted octanol–water partition coefficient (Wildman–Crippen LogP) is 2.74. The summed E-state index contributed by atoms with van der Waals surface area (Å²) in [5.41, 5.74) is 3.21. The molecule has 3 heterocycles. The molecule has 0 unspecified atom stereocenters. The summed E-state index contributed by atoms with van der Waals surface area (Å²) in [4.78, 5) is 31.1. The van der Waals surface area contributed by atoms with Crippen molar-refractivity contribution in [2.45, 2.75) is 53.1 Å². The standard InChI is InChI=1S/C23H28N6O2/c1-5-13-27-19-20(24-22(27)29-17(3)15-16(2)25-29)26(4)23(31)28(21(19)30)14-9-12-18-10-7-6-8-11-18/h6-8,10-11,15H,5,9,12-14H2,1-4H3. The van der Waals surface area contributed by atoms with E-state index in [-0.39, 0.29) is 11.2 Å². The predicted molar refractivity (Wildman–Crippen MR) is 121 cm³/mol. The molecule has 0 saturated carbocycles. The molecular formula is C23H28N6O2. The van der Waals surface area contributed by atoms with Gasteiger partial charge in [-0.15, -0.1) is 0 Å². The number of benzene rings is 1. The summed E-state index contributed by atoms with van der Waals surface area (Å²) in [5.74, 6) is 0.566. The van der Waals surface area contributed by atoms with Crippen LogP contribution in [0.25, 0.3) is 17.1 Å². The van der Waals surface area contributed by atoms with Crippen LogP contribution in [0, 0.1) is 13.8 Å². The molecule has 0 atom stereocenters. The number of nitrogens with zero attached hydrogens (tertiary/aromatic N) is 6. The quantitative estimate of drug-likeness (QED) is 0.460. The number of aromatic nitrogens is 6. The molecule has 0 aliphatic rings. The van der Waals surface area contributed by atoms with Crippen LogP contribution in [0.3, 0.4) is 0 Å². The van der Waals surface area contributed by atoms with Crippen molar-refractivity contribution >= 4 is 11.2 Å². The normalized spacial score (nSPS) is 11.5. The molecule has 1 aromatic carbocycles. The van der Waals surface area contributed by atoms with E-state index in [0.29, 0.717) is 36.6 Å². The number of rotatable bonds is 7. The van der Waals surface area contributed by atoms with Crippen molar-refractivity contribution in [1.29, 1.82) is 0 Å². The molecule has 4 rings (SSSR count). The van der Waals surface area contributed by atoms with Crippen LogP contribution < -0.4 is 11.2 Å². The van der Waals surface area contributed by atoms with Crippen molar-refractivity contribution in [1.82, 2.24) is 28.5 Å². The molecule has 0 fully saturated rings. The molecule has 3 aromatic heterocycles. The molecule has 0 radical (unpaired) electrons. The minimum Gasteiger partial charge on any atom is -0.302 e. The minimum absolute atomic E-state index is 0.292. The van der Waals surface area contributed by atoms with E-state index in [1.54, 1.807) is 11.7 Å². The maximum atomic E-state index is 13.4. The van der Waals surface area contributed by atoms with Gasteiger partial charge < -0.3 is 4.57 Å². The number of hydrogen-bond acceptors (Lipinski definition) is 4. The Kier molecular flexibility index (Phi) is 5.63. The van der Waals surface area contributed by atoms with Crippen LogP contribution in [0.2, 0.25) is 0 Å². The van der Waals surface area contributed by atoms with Crippen LogP contribution >= 0.6 is 0 Å². The number of aryl methyl sites for hydroxylation is 5. The van der Waals surface area contributed by atoms with Gasteiger partial charge in [-0.3, -0.25) is 13.9 Å². The van der Waals surface area contributed by atoms with Crippen molar-refractivity contribution < 1.29 is 0 Å². The van der Waals surface area contributed by atoms with E-state index < -0.39 is 0 Å². The van der Waals surface area contributed by atoms with Gasteiger partial charge in [0.15, 0.2) is 11.2 Å². The molecule has 0 spiro atoms. The average molecular weight is 421 g/mol. The van der Waals surface area contributed by atoms with Crippen LogP contribution in [0.5, 0.6) is 0 Å². The van der Waals surface area contributed by atoms with Gasteiger partial charge in [-0.25, -0.2) is 9.48 Å². The van der Waals surface area contributed by atoms with Crippen LogP contribution in [-0.4, -0.2) is 28.5 Å². The summed E-state index contributed by atoms with van der Waals surface area (Å²) in [7, 11) is 1.67. The fourth-order valence-electron chi connectivity index (χ4n) is 4.07. The lowest BCUT2D eigenvalue weighted by Gasteiger charge is -2.11. The van der Waals surface area contributed by atoms with Crippen molar-refractivity contribution in [2.24, 2.45) is 7.05 Å². The van der Waals surface area contributed by atoms with Crippen molar-refractivity contribution in [3.8, 4) is 5.95 Å². The van der Waals surface area contributed by atoms with Crippen molar-refractivity contribution in [3.05, 3.63) is 74.2 Å². The molecule has 4 aromatic rings. The summed E-state index contributed by atoms with van der Waals surface area (Å²) in [6.45, 7) is 6.91. The summed E-state index contributed by atoms with van der Waals surface area (Å²) in [6.07, 6.45) is 2.34. The zero-order valence-corrected chi connectivity index (χ0v) is 18.5. The molecule has 8 nitrogen and oxygen atoms in total. The van der Waals surface area contributed by atoms with Gasteiger partial charge >= 0.3 is 5.69 Å². The summed E-state index contributed by atoms with van der Waals surface area (Å²) < 4.78 is 6.45. The van der Waals surface area contributed by atoms with Gasteiger partial charge in [-0.1, -0.05) is 37.3 Å². The highest BCUT2D eigenvalue weighted by Crippen LogP contribution is 2.18. The lowest BCUT2D eigenvalue weighted by Crippen LogP contribution is -2.39. The highest BCUT2D eigenvalue weighted by atomic mass is 16.2. The molecule has 162 valence electrons.